The van der Waals surface area contributed by atoms with Crippen LogP contribution in [0.4, 0.5) is 0 Å². The molecule has 0 amide bonds. The minimum atomic E-state index is 0.252. The van der Waals surface area contributed by atoms with Gasteiger partial charge in [-0.2, -0.15) is 10.1 Å². The lowest BCUT2D eigenvalue weighted by molar-refractivity contribution is 0.146. The Hall–Kier alpha value is -3.30. The Bertz CT molecular complexity index is 1040. The second-order valence-electron chi connectivity index (χ2n) is 5.98. The van der Waals surface area contributed by atoms with Crippen molar-refractivity contribution in [1.29, 1.82) is 0 Å². The summed E-state index contributed by atoms with van der Waals surface area (Å²) in [6, 6.07) is 9.45. The summed E-state index contributed by atoms with van der Waals surface area (Å²) in [4.78, 5) is 8.99. The zero-order valence-electron chi connectivity index (χ0n) is 15.5. The SMILES string of the molecule is COCCOc1cc(-c2cn3ncccc3n2)cc(-c2noc(COC)n2)c1. The van der Waals surface area contributed by atoms with E-state index in [1.165, 1.54) is 0 Å². The fraction of sp³-hybridized carbons (Fsp3) is 0.263. The maximum atomic E-state index is 5.81. The van der Waals surface area contributed by atoms with Crippen LogP contribution in [-0.4, -0.2) is 52.2 Å². The van der Waals surface area contributed by atoms with Gasteiger partial charge in [-0.15, -0.1) is 0 Å². The maximum absolute atomic E-state index is 5.81. The van der Waals surface area contributed by atoms with Gasteiger partial charge in [-0.3, -0.25) is 0 Å². The molecule has 0 aliphatic carbocycles. The minimum Gasteiger partial charge on any atom is -0.491 e. The molecule has 0 saturated carbocycles. The van der Waals surface area contributed by atoms with Gasteiger partial charge in [0.25, 0.3) is 5.89 Å². The van der Waals surface area contributed by atoms with E-state index in [2.05, 4.69) is 20.2 Å². The van der Waals surface area contributed by atoms with E-state index in [0.29, 0.717) is 30.7 Å². The van der Waals surface area contributed by atoms with Crippen LogP contribution in [0.25, 0.3) is 28.3 Å². The van der Waals surface area contributed by atoms with Crippen molar-refractivity contribution >= 4 is 5.65 Å². The normalized spacial score (nSPS) is 11.2. The molecule has 1 aromatic carbocycles. The van der Waals surface area contributed by atoms with Crippen molar-refractivity contribution in [3.05, 3.63) is 48.6 Å². The molecule has 28 heavy (non-hydrogen) atoms. The van der Waals surface area contributed by atoms with Crippen molar-refractivity contribution in [2.24, 2.45) is 0 Å². The average molecular weight is 381 g/mol. The molecule has 0 N–H and O–H groups in total. The molecular weight excluding hydrogens is 362 g/mol. The van der Waals surface area contributed by atoms with Crippen molar-refractivity contribution in [3.63, 3.8) is 0 Å². The van der Waals surface area contributed by atoms with E-state index in [9.17, 15) is 0 Å². The van der Waals surface area contributed by atoms with E-state index < -0.39 is 0 Å². The molecule has 0 unspecified atom stereocenters. The first-order chi connectivity index (χ1) is 13.8. The van der Waals surface area contributed by atoms with Gasteiger partial charge >= 0.3 is 0 Å². The first-order valence-corrected chi connectivity index (χ1v) is 8.66. The summed E-state index contributed by atoms with van der Waals surface area (Å²) in [7, 11) is 3.20. The summed E-state index contributed by atoms with van der Waals surface area (Å²) in [6.07, 6.45) is 3.57. The van der Waals surface area contributed by atoms with Gasteiger partial charge in [0.1, 0.15) is 19.0 Å². The van der Waals surface area contributed by atoms with Crippen LogP contribution in [0, 0.1) is 0 Å². The number of hydrogen-bond acceptors (Lipinski definition) is 8. The van der Waals surface area contributed by atoms with E-state index in [1.54, 1.807) is 24.9 Å². The third-order valence-electron chi connectivity index (χ3n) is 3.99. The minimum absolute atomic E-state index is 0.252. The highest BCUT2D eigenvalue weighted by molar-refractivity contribution is 5.71. The number of methoxy groups -OCH3 is 2. The van der Waals surface area contributed by atoms with Gasteiger partial charge in [0.2, 0.25) is 5.82 Å². The Labute approximate surface area is 160 Å². The number of benzene rings is 1. The molecule has 0 aliphatic heterocycles. The predicted octanol–water partition coefficient (Wildman–Crippen LogP) is 2.62. The lowest BCUT2D eigenvalue weighted by Gasteiger charge is -2.09. The summed E-state index contributed by atoms with van der Waals surface area (Å²) in [5.41, 5.74) is 3.12. The highest BCUT2D eigenvalue weighted by atomic mass is 16.5. The monoisotopic (exact) mass is 381 g/mol. The van der Waals surface area contributed by atoms with Crippen molar-refractivity contribution in [1.82, 2.24) is 24.7 Å². The van der Waals surface area contributed by atoms with E-state index in [4.69, 9.17) is 18.7 Å². The Kier molecular flexibility index (Phi) is 5.27. The largest absolute Gasteiger partial charge is 0.491 e. The summed E-state index contributed by atoms with van der Waals surface area (Å²) in [6.45, 7) is 1.16. The first kappa shape index (κ1) is 18.1. The highest BCUT2D eigenvalue weighted by Gasteiger charge is 2.14. The van der Waals surface area contributed by atoms with Crippen molar-refractivity contribution in [2.45, 2.75) is 6.61 Å². The summed E-state index contributed by atoms with van der Waals surface area (Å²) in [5, 5.41) is 8.30. The molecule has 144 valence electrons. The van der Waals surface area contributed by atoms with Crippen LogP contribution in [0.2, 0.25) is 0 Å². The molecule has 0 atom stereocenters. The van der Waals surface area contributed by atoms with Gasteiger partial charge in [0.05, 0.1) is 18.5 Å². The number of rotatable bonds is 8. The summed E-state index contributed by atoms with van der Waals surface area (Å²) in [5.74, 6) is 1.52. The molecule has 4 aromatic rings. The third-order valence-corrected chi connectivity index (χ3v) is 3.99. The van der Waals surface area contributed by atoms with Crippen LogP contribution in [0.1, 0.15) is 5.89 Å². The third kappa shape index (κ3) is 3.85. The number of nitrogens with zero attached hydrogens (tertiary/aromatic N) is 5. The second-order valence-corrected chi connectivity index (χ2v) is 5.98. The predicted molar refractivity (Wildman–Crippen MR) is 99.8 cm³/mol. The molecule has 0 aliphatic rings. The average Bonchev–Trinajstić information content (AvgIpc) is 3.35. The van der Waals surface area contributed by atoms with Gasteiger partial charge < -0.3 is 18.7 Å². The molecule has 0 bridgehead atoms. The molecule has 9 nitrogen and oxygen atoms in total. The van der Waals surface area contributed by atoms with E-state index >= 15 is 0 Å². The molecule has 9 heteroatoms. The molecule has 0 fully saturated rings. The lowest BCUT2D eigenvalue weighted by atomic mass is 10.1. The van der Waals surface area contributed by atoms with Gasteiger partial charge in [-0.05, 0) is 30.3 Å². The molecular formula is C19H19N5O4. The fourth-order valence-electron chi connectivity index (χ4n) is 2.73. The van der Waals surface area contributed by atoms with Crippen LogP contribution in [-0.2, 0) is 16.1 Å². The zero-order chi connectivity index (χ0) is 19.3. The van der Waals surface area contributed by atoms with E-state index in [1.807, 2.05) is 36.5 Å². The van der Waals surface area contributed by atoms with Crippen molar-refractivity contribution < 1.29 is 18.7 Å². The van der Waals surface area contributed by atoms with Crippen molar-refractivity contribution in [2.75, 3.05) is 27.4 Å². The highest BCUT2D eigenvalue weighted by Crippen LogP contribution is 2.30. The number of aromatic nitrogens is 5. The smallest absolute Gasteiger partial charge is 0.252 e. The lowest BCUT2D eigenvalue weighted by Crippen LogP contribution is -2.04. The number of hydrogen-bond donors (Lipinski definition) is 0. The summed E-state index contributed by atoms with van der Waals surface area (Å²) < 4.78 is 22.8. The van der Waals surface area contributed by atoms with Crippen LogP contribution in [0.15, 0.2) is 47.2 Å². The molecule has 3 aromatic heterocycles. The van der Waals surface area contributed by atoms with Crippen LogP contribution < -0.4 is 4.74 Å². The molecule has 0 spiro atoms. The Morgan fingerprint density at radius 2 is 1.93 bits per heavy atom. The standard InChI is InChI=1S/C19H19N5O4/c1-25-6-7-27-15-9-13(16-11-24-17(21-16)4-3-5-20-24)8-14(10-15)19-22-18(12-26-2)28-23-19/h3-5,8-11H,6-7,12H2,1-2H3. The van der Waals surface area contributed by atoms with Gasteiger partial charge in [0, 0.05) is 31.5 Å². The van der Waals surface area contributed by atoms with Gasteiger partial charge in [-0.25, -0.2) is 9.50 Å². The number of ether oxygens (including phenoxy) is 3. The topological polar surface area (TPSA) is 96.8 Å². The zero-order valence-corrected chi connectivity index (χ0v) is 15.5. The van der Waals surface area contributed by atoms with Gasteiger partial charge in [0.15, 0.2) is 5.65 Å². The summed E-state index contributed by atoms with van der Waals surface area (Å²) >= 11 is 0. The Morgan fingerprint density at radius 1 is 1.04 bits per heavy atom. The molecule has 4 rings (SSSR count). The molecule has 3 heterocycles. The fourth-order valence-corrected chi connectivity index (χ4v) is 2.73. The van der Waals surface area contributed by atoms with Crippen LogP contribution in [0.5, 0.6) is 5.75 Å². The Balaban J connectivity index is 1.74. The Morgan fingerprint density at radius 3 is 2.75 bits per heavy atom. The molecule has 0 saturated heterocycles. The first-order valence-electron chi connectivity index (χ1n) is 8.66. The van der Waals surface area contributed by atoms with Crippen LogP contribution in [0.3, 0.4) is 0 Å². The van der Waals surface area contributed by atoms with E-state index in [-0.39, 0.29) is 6.61 Å². The van der Waals surface area contributed by atoms with Crippen LogP contribution >= 0.6 is 0 Å². The number of imidazole rings is 1. The van der Waals surface area contributed by atoms with Crippen molar-refractivity contribution in [3.8, 4) is 28.4 Å². The number of fused-ring (bicyclic) bond motifs is 1. The van der Waals surface area contributed by atoms with Gasteiger partial charge in [-0.1, -0.05) is 5.16 Å². The van der Waals surface area contributed by atoms with E-state index in [0.717, 1.165) is 22.5 Å². The maximum Gasteiger partial charge on any atom is 0.252 e. The molecule has 0 radical (unpaired) electrons. The quantitative estimate of drug-likeness (QED) is 0.430. The second kappa shape index (κ2) is 8.15.